The lowest BCUT2D eigenvalue weighted by molar-refractivity contribution is -0.303. The highest BCUT2D eigenvalue weighted by Gasteiger charge is 2.44. The molecular weight excluding hydrogens is 592 g/mol. The highest BCUT2D eigenvalue weighted by atomic mass is 16.7. The Morgan fingerprint density at radius 3 is 1.76 bits per heavy atom. The van der Waals surface area contributed by atoms with Crippen molar-refractivity contribution in [1.82, 2.24) is 5.32 Å². The van der Waals surface area contributed by atoms with E-state index in [-0.39, 0.29) is 18.9 Å². The van der Waals surface area contributed by atoms with Gasteiger partial charge in [0.15, 0.2) is 6.29 Å². The van der Waals surface area contributed by atoms with Gasteiger partial charge in [0.25, 0.3) is 0 Å². The maximum Gasteiger partial charge on any atom is 0.220 e. The van der Waals surface area contributed by atoms with Crippen LogP contribution in [0.1, 0.15) is 148 Å². The number of amides is 1. The van der Waals surface area contributed by atoms with Crippen molar-refractivity contribution in [3.8, 4) is 0 Å². The molecule has 1 heterocycles. The molecule has 46 heavy (non-hydrogen) atoms. The van der Waals surface area contributed by atoms with Crippen LogP contribution in [0.4, 0.5) is 0 Å². The summed E-state index contributed by atoms with van der Waals surface area (Å²) in [5.41, 5.74) is 5.53. The third-order valence-corrected chi connectivity index (χ3v) is 9.15. The molecule has 274 valence electrons. The first-order valence-electron chi connectivity index (χ1n) is 18.5. The smallest absolute Gasteiger partial charge is 0.220 e. The monoisotopic (exact) mass is 663 g/mol. The van der Waals surface area contributed by atoms with E-state index >= 15 is 0 Å². The Morgan fingerprint density at radius 1 is 0.739 bits per heavy atom. The molecule has 9 N–H and O–H groups in total. The van der Waals surface area contributed by atoms with Crippen LogP contribution in [0.3, 0.4) is 0 Å². The number of rotatable bonds is 30. The Bertz CT molecular complexity index is 718. The number of carbonyl (C=O) groups is 1. The van der Waals surface area contributed by atoms with Crippen LogP contribution in [0.25, 0.3) is 0 Å². The molecule has 1 aliphatic heterocycles. The van der Waals surface area contributed by atoms with E-state index in [1.54, 1.807) is 0 Å². The first-order valence-corrected chi connectivity index (χ1v) is 18.5. The Hall–Kier alpha value is -0.890. The minimum Gasteiger partial charge on any atom is -0.394 e. The van der Waals surface area contributed by atoms with Crippen molar-refractivity contribution in [2.24, 2.45) is 5.73 Å². The number of hydrogen-bond acceptors (Lipinski definition) is 10. The molecule has 0 aromatic carbocycles. The predicted octanol–water partition coefficient (Wildman–Crippen LogP) is 3.57. The summed E-state index contributed by atoms with van der Waals surface area (Å²) >= 11 is 0. The van der Waals surface area contributed by atoms with E-state index in [0.29, 0.717) is 12.8 Å². The van der Waals surface area contributed by atoms with Crippen LogP contribution in [-0.4, -0.2) is 105 Å². The number of carbonyl (C=O) groups excluding carboxylic acids is 1. The fourth-order valence-corrected chi connectivity index (χ4v) is 6.03. The molecule has 1 fully saturated rings. The quantitative estimate of drug-likeness (QED) is 0.0527. The highest BCUT2D eigenvalue weighted by Crippen LogP contribution is 2.23. The molecule has 0 aromatic rings. The van der Waals surface area contributed by atoms with E-state index in [1.165, 1.54) is 57.8 Å². The topological polar surface area (TPSA) is 195 Å². The van der Waals surface area contributed by atoms with Gasteiger partial charge in [0.2, 0.25) is 5.91 Å². The van der Waals surface area contributed by atoms with Gasteiger partial charge in [-0.3, -0.25) is 4.79 Å². The van der Waals surface area contributed by atoms with Gasteiger partial charge < -0.3 is 51.2 Å². The fourth-order valence-electron chi connectivity index (χ4n) is 6.03. The number of unbranched alkanes of at least 4 members (excludes halogenated alkanes) is 18. The average molecular weight is 663 g/mol. The molecule has 0 aromatic heterocycles. The van der Waals surface area contributed by atoms with Crippen molar-refractivity contribution in [2.75, 3.05) is 19.8 Å². The molecule has 1 amide bonds. The normalized spacial score (nSPS) is 23.7. The van der Waals surface area contributed by atoms with Crippen molar-refractivity contribution in [1.29, 1.82) is 0 Å². The summed E-state index contributed by atoms with van der Waals surface area (Å²) in [6.45, 7) is 2.05. The van der Waals surface area contributed by atoms with Crippen LogP contribution < -0.4 is 11.1 Å². The van der Waals surface area contributed by atoms with Crippen molar-refractivity contribution < 1.29 is 44.9 Å². The lowest BCUT2D eigenvalue weighted by atomic mass is 9.98. The summed E-state index contributed by atoms with van der Waals surface area (Å²) in [5, 5.41) is 64.6. The second kappa shape index (κ2) is 28.0. The first-order chi connectivity index (χ1) is 22.3. The van der Waals surface area contributed by atoms with E-state index in [9.17, 15) is 35.4 Å². The zero-order valence-corrected chi connectivity index (χ0v) is 28.8. The highest BCUT2D eigenvalue weighted by molar-refractivity contribution is 5.76. The summed E-state index contributed by atoms with van der Waals surface area (Å²) in [5.74, 6) is -0.276. The van der Waals surface area contributed by atoms with Gasteiger partial charge in [0.05, 0.1) is 25.4 Å². The van der Waals surface area contributed by atoms with E-state index in [4.69, 9.17) is 15.2 Å². The van der Waals surface area contributed by atoms with Gasteiger partial charge in [0, 0.05) is 6.42 Å². The summed E-state index contributed by atoms with van der Waals surface area (Å²) in [6, 6.07) is -0.991. The maximum atomic E-state index is 12.8. The van der Waals surface area contributed by atoms with E-state index in [0.717, 1.165) is 70.8 Å². The van der Waals surface area contributed by atoms with Crippen LogP contribution in [-0.2, 0) is 14.3 Å². The maximum absolute atomic E-state index is 12.8. The van der Waals surface area contributed by atoms with Gasteiger partial charge in [-0.25, -0.2) is 0 Å². The largest absolute Gasteiger partial charge is 0.394 e. The molecule has 0 spiro atoms. The van der Waals surface area contributed by atoms with Gasteiger partial charge in [-0.1, -0.05) is 122 Å². The molecule has 1 saturated heterocycles. The number of ether oxygens (including phenoxy) is 2. The molecule has 0 aliphatic carbocycles. The van der Waals surface area contributed by atoms with Gasteiger partial charge >= 0.3 is 0 Å². The third-order valence-electron chi connectivity index (χ3n) is 9.15. The molecule has 0 bridgehead atoms. The molecule has 8 atom stereocenters. The molecule has 1 aliphatic rings. The minimum absolute atomic E-state index is 0.269. The predicted molar refractivity (Wildman–Crippen MR) is 180 cm³/mol. The molecule has 1 unspecified atom stereocenters. The van der Waals surface area contributed by atoms with E-state index in [1.807, 2.05) is 0 Å². The van der Waals surface area contributed by atoms with Crippen LogP contribution in [0.15, 0.2) is 0 Å². The second-order valence-corrected chi connectivity index (χ2v) is 13.3. The van der Waals surface area contributed by atoms with Crippen LogP contribution >= 0.6 is 0 Å². The van der Waals surface area contributed by atoms with Crippen molar-refractivity contribution in [2.45, 2.75) is 197 Å². The molecular formula is C35H70N2O9. The summed E-state index contributed by atoms with van der Waals surface area (Å²) in [4.78, 5) is 12.8. The number of nitrogens with one attached hydrogen (secondary N) is 1. The summed E-state index contributed by atoms with van der Waals surface area (Å²) in [6.07, 6.45) is 13.6. The fraction of sp³-hybridized carbons (Fsp3) is 0.971. The molecule has 1 rings (SSSR count). The second-order valence-electron chi connectivity index (χ2n) is 13.3. The number of aliphatic hydroxyl groups is 6. The van der Waals surface area contributed by atoms with Gasteiger partial charge in [0.1, 0.15) is 30.5 Å². The Balaban J connectivity index is 2.51. The summed E-state index contributed by atoms with van der Waals surface area (Å²) in [7, 11) is 0. The molecule has 11 nitrogen and oxygen atoms in total. The average Bonchev–Trinajstić information content (AvgIpc) is 3.05. The third kappa shape index (κ3) is 19.2. The standard InChI is InChI=1S/C35H70N2O9/c1-2-3-4-5-6-7-8-9-10-13-16-19-22-28(39)31(41)27(26-45-35-34(44)33(43)32(42)29(25-38)46-35)37-30(40)23-20-17-14-11-12-15-18-21-24-36/h27-29,31-35,38-39,41-44H,2-26,36H2,1H3,(H,37,40)/t27-,28+,29?,31-,32-,33-,34+,35-/m0/s1. The van der Waals surface area contributed by atoms with Crippen molar-refractivity contribution in [3.05, 3.63) is 0 Å². The van der Waals surface area contributed by atoms with E-state index < -0.39 is 55.6 Å². The molecule has 11 heteroatoms. The molecule has 0 saturated carbocycles. The number of nitrogens with two attached hydrogens (primary N) is 1. The SMILES string of the molecule is CCCCCCCCCCCCCC[C@@H](O)[C@@H](O)[C@H](CO[C@H]1OC(CO)[C@H](O)[C@H](O)[C@H]1O)NC(=O)CCCCCCCCCCN. The van der Waals surface area contributed by atoms with Crippen LogP contribution in [0.5, 0.6) is 0 Å². The van der Waals surface area contributed by atoms with E-state index in [2.05, 4.69) is 12.2 Å². The zero-order chi connectivity index (χ0) is 34.0. The van der Waals surface area contributed by atoms with Crippen LogP contribution in [0.2, 0.25) is 0 Å². The van der Waals surface area contributed by atoms with Crippen molar-refractivity contribution in [3.63, 3.8) is 0 Å². The lowest BCUT2D eigenvalue weighted by Crippen LogP contribution is -2.60. The van der Waals surface area contributed by atoms with Crippen molar-refractivity contribution >= 4 is 5.91 Å². The molecule has 0 radical (unpaired) electrons. The minimum atomic E-state index is -1.61. The van der Waals surface area contributed by atoms with Crippen LogP contribution in [0, 0.1) is 0 Å². The summed E-state index contributed by atoms with van der Waals surface area (Å²) < 4.78 is 11.1. The Morgan fingerprint density at radius 2 is 1.24 bits per heavy atom. The Kier molecular flexibility index (Phi) is 26.3. The number of hydrogen-bond donors (Lipinski definition) is 8. The lowest BCUT2D eigenvalue weighted by Gasteiger charge is -2.40. The Labute approximate surface area is 278 Å². The van der Waals surface area contributed by atoms with Gasteiger partial charge in [-0.2, -0.15) is 0 Å². The van der Waals surface area contributed by atoms with Gasteiger partial charge in [-0.15, -0.1) is 0 Å². The first kappa shape index (κ1) is 43.1. The number of aliphatic hydroxyl groups excluding tert-OH is 6. The van der Waals surface area contributed by atoms with Gasteiger partial charge in [-0.05, 0) is 25.8 Å². The zero-order valence-electron chi connectivity index (χ0n) is 28.8.